The monoisotopic (exact) mass is 425 g/mol. The summed E-state index contributed by atoms with van der Waals surface area (Å²) in [4.78, 5) is 34.0. The van der Waals surface area contributed by atoms with Gasteiger partial charge in [0.1, 0.15) is 5.82 Å². The van der Waals surface area contributed by atoms with Crippen LogP contribution in [0.15, 0.2) is 47.3 Å². The first kappa shape index (κ1) is 20.0. The molecule has 0 bridgehead atoms. The number of H-pyrrole nitrogens is 1. The number of carbonyl (C=O) groups is 1. The van der Waals surface area contributed by atoms with E-state index in [2.05, 4.69) is 9.97 Å². The van der Waals surface area contributed by atoms with Crippen molar-refractivity contribution >= 4 is 34.5 Å². The minimum atomic E-state index is -0.258. The van der Waals surface area contributed by atoms with Crippen LogP contribution in [-0.2, 0) is 11.3 Å². The Labute approximate surface area is 177 Å². The minimum Gasteiger partial charge on any atom is -0.454 e. The van der Waals surface area contributed by atoms with E-state index < -0.39 is 0 Å². The van der Waals surface area contributed by atoms with Crippen LogP contribution in [0.25, 0.3) is 17.0 Å². The van der Waals surface area contributed by atoms with Crippen molar-refractivity contribution in [3.63, 3.8) is 0 Å². The van der Waals surface area contributed by atoms with Crippen molar-refractivity contribution in [1.29, 1.82) is 0 Å². The van der Waals surface area contributed by atoms with Crippen LogP contribution >= 0.6 is 11.6 Å². The predicted octanol–water partition coefficient (Wildman–Crippen LogP) is 3.76. The normalized spacial score (nSPS) is 12.6. The van der Waals surface area contributed by atoms with Crippen molar-refractivity contribution in [2.45, 2.75) is 19.9 Å². The van der Waals surface area contributed by atoms with Crippen LogP contribution in [0.2, 0.25) is 5.02 Å². The van der Waals surface area contributed by atoms with E-state index in [0.717, 1.165) is 12.0 Å². The van der Waals surface area contributed by atoms with Gasteiger partial charge < -0.3 is 19.4 Å². The molecule has 0 atom stereocenters. The van der Waals surface area contributed by atoms with E-state index in [1.54, 1.807) is 29.2 Å². The van der Waals surface area contributed by atoms with Gasteiger partial charge in [-0.05, 0) is 48.4 Å². The summed E-state index contributed by atoms with van der Waals surface area (Å²) in [6.07, 6.45) is 4.00. The van der Waals surface area contributed by atoms with Crippen molar-refractivity contribution < 1.29 is 14.3 Å². The first-order valence-electron chi connectivity index (χ1n) is 9.58. The van der Waals surface area contributed by atoms with Crippen molar-refractivity contribution in [2.75, 3.05) is 13.3 Å². The van der Waals surface area contributed by atoms with Gasteiger partial charge in [-0.1, -0.05) is 24.6 Å². The highest BCUT2D eigenvalue weighted by molar-refractivity contribution is 6.31. The van der Waals surface area contributed by atoms with E-state index in [1.165, 1.54) is 6.08 Å². The number of hydrogen-bond acceptors (Lipinski definition) is 5. The number of aromatic amines is 1. The van der Waals surface area contributed by atoms with Crippen molar-refractivity contribution in [3.8, 4) is 11.5 Å². The molecule has 3 aromatic rings. The van der Waals surface area contributed by atoms with Crippen molar-refractivity contribution in [3.05, 3.63) is 69.2 Å². The maximum absolute atomic E-state index is 12.8. The summed E-state index contributed by atoms with van der Waals surface area (Å²) >= 11 is 6.02. The van der Waals surface area contributed by atoms with E-state index in [1.807, 2.05) is 25.1 Å². The van der Waals surface area contributed by atoms with Crippen LogP contribution in [-0.4, -0.2) is 34.1 Å². The molecule has 1 aromatic heterocycles. The Bertz CT molecular complexity index is 1190. The molecule has 7 nitrogen and oxygen atoms in total. The van der Waals surface area contributed by atoms with Gasteiger partial charge in [-0.25, -0.2) is 4.98 Å². The molecular formula is C22H20ClN3O4. The number of amides is 1. The van der Waals surface area contributed by atoms with Crippen molar-refractivity contribution in [2.24, 2.45) is 0 Å². The first-order chi connectivity index (χ1) is 14.5. The number of nitrogens with one attached hydrogen (secondary N) is 1. The zero-order valence-corrected chi connectivity index (χ0v) is 17.1. The number of aromatic nitrogens is 2. The lowest BCUT2D eigenvalue weighted by molar-refractivity contribution is -0.126. The highest BCUT2D eigenvalue weighted by Crippen LogP contribution is 2.32. The molecule has 0 spiro atoms. The zero-order valence-electron chi connectivity index (χ0n) is 16.4. The molecule has 0 aliphatic carbocycles. The molecule has 2 aromatic carbocycles. The van der Waals surface area contributed by atoms with Crippen LogP contribution in [0.5, 0.6) is 11.5 Å². The van der Waals surface area contributed by atoms with E-state index in [4.69, 9.17) is 21.1 Å². The quantitative estimate of drug-likeness (QED) is 0.608. The third-order valence-corrected chi connectivity index (χ3v) is 4.91. The average molecular weight is 426 g/mol. The number of nitrogens with zero attached hydrogens (tertiary/aromatic N) is 2. The predicted molar refractivity (Wildman–Crippen MR) is 115 cm³/mol. The number of benzene rings is 2. The summed E-state index contributed by atoms with van der Waals surface area (Å²) in [5.41, 5.74) is 1.07. The topological polar surface area (TPSA) is 84.5 Å². The lowest BCUT2D eigenvalue weighted by atomic mass is 10.2. The van der Waals surface area contributed by atoms with E-state index >= 15 is 0 Å². The third-order valence-electron chi connectivity index (χ3n) is 4.68. The molecule has 8 heteroatoms. The second-order valence-corrected chi connectivity index (χ2v) is 7.32. The maximum Gasteiger partial charge on any atom is 0.258 e. The Morgan fingerprint density at radius 1 is 1.23 bits per heavy atom. The first-order valence-corrected chi connectivity index (χ1v) is 9.96. The molecule has 0 radical (unpaired) electrons. The van der Waals surface area contributed by atoms with Crippen molar-refractivity contribution in [1.82, 2.24) is 14.9 Å². The van der Waals surface area contributed by atoms with E-state index in [-0.39, 0.29) is 24.8 Å². The number of carbonyl (C=O) groups excluding carboxylic acids is 1. The second kappa shape index (κ2) is 8.59. The standard InChI is InChI=1S/C22H20ClN3O4/c1-2-9-26(12-20-24-17-11-15(23)5-6-16(17)22(28)25-20)21(27)8-4-14-3-7-18-19(10-14)30-13-29-18/h3-8,10-11H,2,9,12-13H2,1H3,(H,24,25,28)/b8-4+. The fraction of sp³-hybridized carbons (Fsp3) is 0.227. The fourth-order valence-corrected chi connectivity index (χ4v) is 3.41. The second-order valence-electron chi connectivity index (χ2n) is 6.88. The van der Waals surface area contributed by atoms with Crippen LogP contribution in [0.3, 0.4) is 0 Å². The molecule has 1 amide bonds. The molecular weight excluding hydrogens is 406 g/mol. The average Bonchev–Trinajstić information content (AvgIpc) is 3.19. The zero-order chi connectivity index (χ0) is 21.1. The smallest absolute Gasteiger partial charge is 0.258 e. The molecule has 1 N–H and O–H groups in total. The summed E-state index contributed by atoms with van der Waals surface area (Å²) < 4.78 is 10.7. The molecule has 30 heavy (non-hydrogen) atoms. The van der Waals surface area contributed by atoms with Crippen LogP contribution in [0.4, 0.5) is 0 Å². The van der Waals surface area contributed by atoms with Gasteiger partial charge in [-0.15, -0.1) is 0 Å². The number of halogens is 1. The van der Waals surface area contributed by atoms with Gasteiger partial charge in [-0.2, -0.15) is 0 Å². The molecule has 0 saturated carbocycles. The van der Waals surface area contributed by atoms with E-state index in [9.17, 15) is 9.59 Å². The third kappa shape index (κ3) is 4.31. The number of hydrogen-bond donors (Lipinski definition) is 1. The van der Waals surface area contributed by atoms with Gasteiger partial charge in [0.15, 0.2) is 11.5 Å². The Balaban J connectivity index is 1.54. The van der Waals surface area contributed by atoms with Gasteiger partial charge in [0, 0.05) is 17.6 Å². The molecule has 4 rings (SSSR count). The van der Waals surface area contributed by atoms with Gasteiger partial charge in [0.05, 0.1) is 17.4 Å². The number of fused-ring (bicyclic) bond motifs is 2. The maximum atomic E-state index is 12.8. The largest absolute Gasteiger partial charge is 0.454 e. The summed E-state index contributed by atoms with van der Waals surface area (Å²) in [6.45, 7) is 2.91. The lowest BCUT2D eigenvalue weighted by Crippen LogP contribution is -2.31. The van der Waals surface area contributed by atoms with Crippen LogP contribution < -0.4 is 15.0 Å². The summed E-state index contributed by atoms with van der Waals surface area (Å²) in [6, 6.07) is 10.4. The van der Waals surface area contributed by atoms with Crippen LogP contribution in [0.1, 0.15) is 24.7 Å². The Kier molecular flexibility index (Phi) is 5.72. The van der Waals surface area contributed by atoms with Gasteiger partial charge in [-0.3, -0.25) is 9.59 Å². The molecule has 1 aliphatic heterocycles. The van der Waals surface area contributed by atoms with Crippen LogP contribution in [0, 0.1) is 0 Å². The highest BCUT2D eigenvalue weighted by atomic mass is 35.5. The minimum absolute atomic E-state index is 0.177. The molecule has 0 fully saturated rings. The molecule has 2 heterocycles. The summed E-state index contributed by atoms with van der Waals surface area (Å²) in [5.74, 6) is 1.58. The molecule has 0 saturated heterocycles. The van der Waals surface area contributed by atoms with Gasteiger partial charge >= 0.3 is 0 Å². The Morgan fingerprint density at radius 2 is 2.07 bits per heavy atom. The van der Waals surface area contributed by atoms with Gasteiger partial charge in [0.2, 0.25) is 12.7 Å². The number of rotatable bonds is 6. The molecule has 0 unspecified atom stereocenters. The Morgan fingerprint density at radius 3 is 2.90 bits per heavy atom. The van der Waals surface area contributed by atoms with Gasteiger partial charge in [0.25, 0.3) is 5.56 Å². The summed E-state index contributed by atoms with van der Waals surface area (Å²) in [5, 5.41) is 0.957. The molecule has 154 valence electrons. The highest BCUT2D eigenvalue weighted by Gasteiger charge is 2.15. The summed E-state index contributed by atoms with van der Waals surface area (Å²) in [7, 11) is 0. The van der Waals surface area contributed by atoms with E-state index in [0.29, 0.717) is 39.8 Å². The lowest BCUT2D eigenvalue weighted by Gasteiger charge is -2.20. The number of ether oxygens (including phenoxy) is 2. The molecule has 1 aliphatic rings. The Hall–Kier alpha value is -3.32. The fourth-order valence-electron chi connectivity index (χ4n) is 3.24. The SMILES string of the molecule is CCCN(Cc1nc2cc(Cl)ccc2c(=O)[nH]1)C(=O)/C=C/c1ccc2c(c1)OCO2.